The highest BCUT2D eigenvalue weighted by Crippen LogP contribution is 2.40. The van der Waals surface area contributed by atoms with Crippen molar-refractivity contribution in [3.05, 3.63) is 45.8 Å². The molecule has 0 saturated heterocycles. The minimum absolute atomic E-state index is 0.188. The van der Waals surface area contributed by atoms with Gasteiger partial charge in [-0.05, 0) is 55.1 Å². The predicted octanol–water partition coefficient (Wildman–Crippen LogP) is 4.75. The van der Waals surface area contributed by atoms with Gasteiger partial charge in [0.2, 0.25) is 0 Å². The number of fused-ring (bicyclic) bond motifs is 1. The quantitative estimate of drug-likeness (QED) is 0.579. The van der Waals surface area contributed by atoms with Gasteiger partial charge in [-0.25, -0.2) is 13.6 Å². The molecule has 1 heterocycles. The van der Waals surface area contributed by atoms with E-state index in [9.17, 15) is 13.6 Å². The molecule has 3 rings (SSSR count). The molecule has 1 unspecified atom stereocenters. The van der Waals surface area contributed by atoms with Gasteiger partial charge in [0.05, 0.1) is 12.7 Å². The summed E-state index contributed by atoms with van der Waals surface area (Å²) < 4.78 is 31.3. The summed E-state index contributed by atoms with van der Waals surface area (Å²) in [6, 6.07) is 3.42. The number of rotatable bonds is 3. The summed E-state index contributed by atoms with van der Waals surface area (Å²) in [6.45, 7) is 2.18. The van der Waals surface area contributed by atoms with Gasteiger partial charge in [0.1, 0.15) is 5.00 Å². The van der Waals surface area contributed by atoms with Crippen LogP contribution in [-0.4, -0.2) is 18.2 Å². The van der Waals surface area contributed by atoms with Crippen LogP contribution in [-0.2, 0) is 17.6 Å². The molecule has 0 aliphatic heterocycles. The molecule has 8 heteroatoms. The number of methoxy groups -OCH3 is 1. The van der Waals surface area contributed by atoms with Crippen LogP contribution < -0.4 is 10.6 Å². The van der Waals surface area contributed by atoms with Crippen molar-refractivity contribution in [1.29, 1.82) is 0 Å². The molecule has 0 radical (unpaired) electrons. The lowest BCUT2D eigenvalue weighted by Crippen LogP contribution is -2.20. The molecule has 2 N–H and O–H groups in total. The Morgan fingerprint density at radius 3 is 2.77 bits per heavy atom. The lowest BCUT2D eigenvalue weighted by atomic mass is 9.88. The van der Waals surface area contributed by atoms with E-state index in [2.05, 4.69) is 17.6 Å². The molecule has 0 bridgehead atoms. The summed E-state index contributed by atoms with van der Waals surface area (Å²) in [4.78, 5) is 13.4. The van der Waals surface area contributed by atoms with Gasteiger partial charge in [-0.2, -0.15) is 0 Å². The van der Waals surface area contributed by atoms with Crippen molar-refractivity contribution in [3.63, 3.8) is 0 Å². The van der Waals surface area contributed by atoms with Gasteiger partial charge < -0.3 is 15.4 Å². The van der Waals surface area contributed by atoms with Crippen LogP contribution >= 0.6 is 23.6 Å². The number of carbonyl (C=O) groups excluding carboxylic acids is 1. The number of hydrogen-bond acceptors (Lipinski definition) is 4. The maximum Gasteiger partial charge on any atom is 0.341 e. The van der Waals surface area contributed by atoms with Crippen LogP contribution in [0.15, 0.2) is 18.2 Å². The van der Waals surface area contributed by atoms with Crippen LogP contribution in [0, 0.1) is 17.6 Å². The van der Waals surface area contributed by atoms with E-state index < -0.39 is 17.6 Å². The van der Waals surface area contributed by atoms with E-state index in [-0.39, 0.29) is 5.11 Å². The molecule has 2 aromatic rings. The minimum atomic E-state index is -0.964. The van der Waals surface area contributed by atoms with E-state index in [1.54, 1.807) is 0 Å². The lowest BCUT2D eigenvalue weighted by Gasteiger charge is -2.18. The smallest absolute Gasteiger partial charge is 0.341 e. The fourth-order valence-corrected chi connectivity index (χ4v) is 4.68. The number of anilines is 2. The zero-order valence-electron chi connectivity index (χ0n) is 14.3. The Hall–Kier alpha value is -2.06. The fraction of sp³-hybridized carbons (Fsp3) is 0.333. The van der Waals surface area contributed by atoms with Crippen molar-refractivity contribution in [2.24, 2.45) is 5.92 Å². The third kappa shape index (κ3) is 3.86. The van der Waals surface area contributed by atoms with Crippen LogP contribution in [0.1, 0.15) is 34.1 Å². The van der Waals surface area contributed by atoms with Gasteiger partial charge >= 0.3 is 5.97 Å². The van der Waals surface area contributed by atoms with Gasteiger partial charge in [-0.3, -0.25) is 0 Å². The third-order valence-corrected chi connectivity index (χ3v) is 5.68. The van der Waals surface area contributed by atoms with E-state index in [1.165, 1.54) is 24.5 Å². The zero-order chi connectivity index (χ0) is 18.8. The summed E-state index contributed by atoms with van der Waals surface area (Å²) in [6.07, 6.45) is 2.75. The third-order valence-electron chi connectivity index (χ3n) is 4.31. The molecule has 0 spiro atoms. The first-order valence-electron chi connectivity index (χ1n) is 8.15. The SMILES string of the molecule is COC(=O)c1c(NC(=S)Nc2ccc(F)c(F)c2)sc2c1CCC(C)C2. The average Bonchev–Trinajstić information content (AvgIpc) is 2.94. The van der Waals surface area contributed by atoms with Crippen LogP contribution in [0.25, 0.3) is 0 Å². The Morgan fingerprint density at radius 1 is 1.31 bits per heavy atom. The molecule has 0 saturated carbocycles. The monoisotopic (exact) mass is 396 g/mol. The minimum Gasteiger partial charge on any atom is -0.465 e. The average molecular weight is 396 g/mol. The van der Waals surface area contributed by atoms with Crippen molar-refractivity contribution in [2.45, 2.75) is 26.2 Å². The van der Waals surface area contributed by atoms with E-state index >= 15 is 0 Å². The van der Waals surface area contributed by atoms with Crippen LogP contribution in [0.2, 0.25) is 0 Å². The van der Waals surface area contributed by atoms with Crippen LogP contribution in [0.5, 0.6) is 0 Å². The second-order valence-electron chi connectivity index (χ2n) is 6.26. The Morgan fingerprint density at radius 2 is 2.08 bits per heavy atom. The Balaban J connectivity index is 1.83. The number of benzene rings is 1. The molecule has 1 atom stereocenters. The standard InChI is InChI=1S/C18H18F2N2O2S2/c1-9-3-5-11-14(7-9)26-16(15(11)17(23)24-2)22-18(25)21-10-4-6-12(19)13(20)8-10/h4,6,8-9H,3,5,7H2,1-2H3,(H2,21,22,25). The number of thiocarbonyl (C=S) groups is 1. The van der Waals surface area contributed by atoms with Crippen molar-refractivity contribution in [2.75, 3.05) is 17.7 Å². The first kappa shape index (κ1) is 18.7. The van der Waals surface area contributed by atoms with Crippen molar-refractivity contribution >= 4 is 45.3 Å². The van der Waals surface area contributed by atoms with Crippen molar-refractivity contribution in [3.8, 4) is 0 Å². The highest BCUT2D eigenvalue weighted by Gasteiger charge is 2.28. The van der Waals surface area contributed by atoms with Gasteiger partial charge in [0, 0.05) is 16.6 Å². The second-order valence-corrected chi connectivity index (χ2v) is 7.77. The zero-order valence-corrected chi connectivity index (χ0v) is 16.0. The van der Waals surface area contributed by atoms with Crippen molar-refractivity contribution in [1.82, 2.24) is 0 Å². The Labute approximate surface area is 159 Å². The summed E-state index contributed by atoms with van der Waals surface area (Å²) >= 11 is 6.74. The van der Waals surface area contributed by atoms with Crippen LogP contribution in [0.4, 0.5) is 19.5 Å². The Kier molecular flexibility index (Phi) is 5.52. The number of carbonyl (C=O) groups is 1. The van der Waals surface area contributed by atoms with Gasteiger partial charge in [0.25, 0.3) is 0 Å². The Bertz CT molecular complexity index is 867. The molecule has 26 heavy (non-hydrogen) atoms. The van der Waals surface area contributed by atoms with Crippen LogP contribution in [0.3, 0.4) is 0 Å². The van der Waals surface area contributed by atoms with Gasteiger partial charge in [-0.15, -0.1) is 11.3 Å². The molecule has 0 fully saturated rings. The molecular formula is C18H18F2N2O2S2. The highest BCUT2D eigenvalue weighted by molar-refractivity contribution is 7.80. The summed E-state index contributed by atoms with van der Waals surface area (Å²) in [7, 11) is 1.35. The fourth-order valence-electron chi connectivity index (χ4n) is 3.00. The number of ether oxygens (including phenoxy) is 1. The van der Waals surface area contributed by atoms with E-state index in [0.29, 0.717) is 22.2 Å². The number of hydrogen-bond donors (Lipinski definition) is 2. The summed E-state index contributed by atoms with van der Waals surface area (Å²) in [5.41, 5.74) is 1.84. The molecule has 4 nitrogen and oxygen atoms in total. The van der Waals surface area contributed by atoms with E-state index in [1.807, 2.05) is 0 Å². The maximum atomic E-state index is 13.3. The highest BCUT2D eigenvalue weighted by atomic mass is 32.1. The molecule has 1 aliphatic carbocycles. The molecule has 138 valence electrons. The number of halogens is 2. The largest absolute Gasteiger partial charge is 0.465 e. The van der Waals surface area contributed by atoms with E-state index in [0.717, 1.165) is 41.8 Å². The molecule has 1 aliphatic rings. The molecule has 1 aromatic carbocycles. The summed E-state index contributed by atoms with van der Waals surface area (Å²) in [5.74, 6) is -1.74. The first-order chi connectivity index (χ1) is 12.4. The summed E-state index contributed by atoms with van der Waals surface area (Å²) in [5, 5.41) is 6.60. The lowest BCUT2D eigenvalue weighted by molar-refractivity contribution is 0.0601. The molecule has 0 amide bonds. The maximum absolute atomic E-state index is 13.3. The number of esters is 1. The number of thiophene rings is 1. The van der Waals surface area contributed by atoms with E-state index in [4.69, 9.17) is 17.0 Å². The normalized spacial score (nSPS) is 15.9. The predicted molar refractivity (Wildman–Crippen MR) is 103 cm³/mol. The number of nitrogens with one attached hydrogen (secondary N) is 2. The first-order valence-corrected chi connectivity index (χ1v) is 9.37. The molecular weight excluding hydrogens is 378 g/mol. The second kappa shape index (κ2) is 7.67. The topological polar surface area (TPSA) is 50.4 Å². The molecule has 1 aromatic heterocycles. The van der Waals surface area contributed by atoms with Gasteiger partial charge in [-0.1, -0.05) is 6.92 Å². The van der Waals surface area contributed by atoms with Crippen molar-refractivity contribution < 1.29 is 18.3 Å². The van der Waals surface area contributed by atoms with Gasteiger partial charge in [0.15, 0.2) is 16.7 Å².